The van der Waals surface area contributed by atoms with Crippen molar-refractivity contribution in [1.82, 2.24) is 4.90 Å². The van der Waals surface area contributed by atoms with Gasteiger partial charge in [0, 0.05) is 12.6 Å². The van der Waals surface area contributed by atoms with Crippen LogP contribution in [0, 0.1) is 5.41 Å². The molecule has 1 atom stereocenters. The van der Waals surface area contributed by atoms with E-state index in [0.29, 0.717) is 17.0 Å². The molecule has 19 heavy (non-hydrogen) atoms. The third kappa shape index (κ3) is 3.35. The minimum absolute atomic E-state index is 0.303. The molecule has 0 spiro atoms. The fraction of sp³-hybridized carbons (Fsp3) is 0.562. The summed E-state index contributed by atoms with van der Waals surface area (Å²) in [6.07, 6.45) is 2.52. The number of benzene rings is 1. The molecule has 0 saturated carbocycles. The Hall–Kier alpha value is -1.35. The Bertz CT molecular complexity index is 445. The maximum atomic E-state index is 10.8. The Balaban J connectivity index is 2.06. The highest BCUT2D eigenvalue weighted by atomic mass is 16.4. The molecule has 0 aromatic heterocycles. The number of rotatable bonds is 3. The van der Waals surface area contributed by atoms with Gasteiger partial charge in [-0.05, 0) is 42.5 Å². The zero-order valence-electron chi connectivity index (χ0n) is 12.0. The average molecular weight is 261 g/mol. The molecule has 0 amide bonds. The average Bonchev–Trinajstić information content (AvgIpc) is 2.77. The Morgan fingerprint density at radius 1 is 1.32 bits per heavy atom. The minimum atomic E-state index is -0.861. The highest BCUT2D eigenvalue weighted by Crippen LogP contribution is 2.33. The van der Waals surface area contributed by atoms with Gasteiger partial charge in [0.25, 0.3) is 0 Å². The maximum Gasteiger partial charge on any atom is 0.335 e. The summed E-state index contributed by atoms with van der Waals surface area (Å²) in [5.41, 5.74) is 1.86. The molecule has 1 N–H and O–H groups in total. The van der Waals surface area contributed by atoms with E-state index in [4.69, 9.17) is 5.11 Å². The van der Waals surface area contributed by atoms with Gasteiger partial charge in [0.1, 0.15) is 0 Å². The molecule has 1 fully saturated rings. The van der Waals surface area contributed by atoms with Gasteiger partial charge in [0.15, 0.2) is 0 Å². The van der Waals surface area contributed by atoms with E-state index in [1.165, 1.54) is 18.4 Å². The fourth-order valence-electron chi connectivity index (χ4n) is 2.98. The molecule has 104 valence electrons. The third-order valence-electron chi connectivity index (χ3n) is 3.95. The molecule has 3 heteroatoms. The van der Waals surface area contributed by atoms with Crippen LogP contribution in [-0.2, 0) is 6.54 Å². The highest BCUT2D eigenvalue weighted by Gasteiger charge is 2.33. The molecule has 1 aromatic rings. The summed E-state index contributed by atoms with van der Waals surface area (Å²) in [4.78, 5) is 13.4. The van der Waals surface area contributed by atoms with Gasteiger partial charge in [-0.1, -0.05) is 32.9 Å². The lowest BCUT2D eigenvalue weighted by Crippen LogP contribution is -2.38. The lowest BCUT2D eigenvalue weighted by molar-refractivity contribution is 0.0697. The first-order valence-electron chi connectivity index (χ1n) is 6.94. The maximum absolute atomic E-state index is 10.8. The van der Waals surface area contributed by atoms with Crippen molar-refractivity contribution in [3.8, 4) is 0 Å². The van der Waals surface area contributed by atoms with E-state index in [9.17, 15) is 4.79 Å². The first-order valence-corrected chi connectivity index (χ1v) is 6.94. The van der Waals surface area contributed by atoms with E-state index in [1.807, 2.05) is 12.1 Å². The van der Waals surface area contributed by atoms with Crippen LogP contribution < -0.4 is 0 Å². The third-order valence-corrected chi connectivity index (χ3v) is 3.95. The van der Waals surface area contributed by atoms with Crippen molar-refractivity contribution in [2.24, 2.45) is 5.41 Å². The van der Waals surface area contributed by atoms with Gasteiger partial charge in [-0.2, -0.15) is 0 Å². The standard InChI is InChI=1S/C16H23NO2/c1-16(2,3)14-5-4-10-17(14)11-12-6-8-13(9-7-12)15(18)19/h6-9,14H,4-5,10-11H2,1-3H3,(H,18,19). The first-order chi connectivity index (χ1) is 8.88. The van der Waals surface area contributed by atoms with Crippen molar-refractivity contribution in [2.45, 2.75) is 46.2 Å². The minimum Gasteiger partial charge on any atom is -0.478 e. The smallest absolute Gasteiger partial charge is 0.335 e. The quantitative estimate of drug-likeness (QED) is 0.906. The van der Waals surface area contributed by atoms with Crippen molar-refractivity contribution in [3.05, 3.63) is 35.4 Å². The lowest BCUT2D eigenvalue weighted by Gasteiger charge is -2.35. The number of nitrogens with zero attached hydrogens (tertiary/aromatic N) is 1. The van der Waals surface area contributed by atoms with Gasteiger partial charge < -0.3 is 5.11 Å². The summed E-state index contributed by atoms with van der Waals surface area (Å²) in [5, 5.41) is 8.90. The van der Waals surface area contributed by atoms with E-state index < -0.39 is 5.97 Å². The van der Waals surface area contributed by atoms with E-state index in [1.54, 1.807) is 12.1 Å². The predicted molar refractivity (Wildman–Crippen MR) is 76.3 cm³/mol. The Kier molecular flexibility index (Phi) is 3.95. The molecule has 2 rings (SSSR count). The Morgan fingerprint density at radius 2 is 1.95 bits per heavy atom. The van der Waals surface area contributed by atoms with Crippen molar-refractivity contribution in [2.75, 3.05) is 6.54 Å². The Morgan fingerprint density at radius 3 is 2.47 bits per heavy atom. The predicted octanol–water partition coefficient (Wildman–Crippen LogP) is 3.40. The second-order valence-electron chi connectivity index (χ2n) is 6.50. The van der Waals surface area contributed by atoms with Gasteiger partial charge in [-0.3, -0.25) is 4.90 Å². The molecule has 1 aliphatic rings. The molecular formula is C16H23NO2. The van der Waals surface area contributed by atoms with Crippen LogP contribution in [0.5, 0.6) is 0 Å². The SMILES string of the molecule is CC(C)(C)C1CCCN1Cc1ccc(C(=O)O)cc1. The van der Waals surface area contributed by atoms with Gasteiger partial charge in [-0.15, -0.1) is 0 Å². The first kappa shape index (κ1) is 14.1. The van der Waals surface area contributed by atoms with Crippen LogP contribution in [0.1, 0.15) is 49.5 Å². The lowest BCUT2D eigenvalue weighted by atomic mass is 9.85. The van der Waals surface area contributed by atoms with Gasteiger partial charge in [0.2, 0.25) is 0 Å². The summed E-state index contributed by atoms with van der Waals surface area (Å²) in [6.45, 7) is 8.95. The van der Waals surface area contributed by atoms with E-state index in [2.05, 4.69) is 25.7 Å². The number of carbonyl (C=O) groups is 1. The number of hydrogen-bond donors (Lipinski definition) is 1. The molecule has 1 unspecified atom stereocenters. The molecule has 0 bridgehead atoms. The number of hydrogen-bond acceptors (Lipinski definition) is 2. The van der Waals surface area contributed by atoms with E-state index in [0.717, 1.165) is 13.1 Å². The Labute approximate surface area is 115 Å². The summed E-state index contributed by atoms with van der Waals surface area (Å²) >= 11 is 0. The zero-order chi connectivity index (χ0) is 14.0. The summed E-state index contributed by atoms with van der Waals surface area (Å²) < 4.78 is 0. The van der Waals surface area contributed by atoms with Crippen LogP contribution in [0.25, 0.3) is 0 Å². The van der Waals surface area contributed by atoms with Crippen molar-refractivity contribution in [1.29, 1.82) is 0 Å². The van der Waals surface area contributed by atoms with Crippen LogP contribution in [0.3, 0.4) is 0 Å². The summed E-state index contributed by atoms with van der Waals surface area (Å²) in [7, 11) is 0. The topological polar surface area (TPSA) is 40.5 Å². The van der Waals surface area contributed by atoms with E-state index >= 15 is 0 Å². The van der Waals surface area contributed by atoms with Crippen molar-refractivity contribution >= 4 is 5.97 Å². The molecule has 1 aromatic carbocycles. The monoisotopic (exact) mass is 261 g/mol. The molecule has 0 aliphatic carbocycles. The van der Waals surface area contributed by atoms with Crippen LogP contribution in [-0.4, -0.2) is 28.6 Å². The van der Waals surface area contributed by atoms with Gasteiger partial charge in [0.05, 0.1) is 5.56 Å². The second-order valence-corrected chi connectivity index (χ2v) is 6.50. The largest absolute Gasteiger partial charge is 0.478 e. The fourth-order valence-corrected chi connectivity index (χ4v) is 2.98. The molecular weight excluding hydrogens is 238 g/mol. The molecule has 1 saturated heterocycles. The van der Waals surface area contributed by atoms with Crippen molar-refractivity contribution in [3.63, 3.8) is 0 Å². The molecule has 1 aliphatic heterocycles. The normalized spacial score (nSPS) is 20.7. The molecule has 0 radical (unpaired) electrons. The van der Waals surface area contributed by atoms with Gasteiger partial charge >= 0.3 is 5.97 Å². The second kappa shape index (κ2) is 5.33. The van der Waals surface area contributed by atoms with Crippen LogP contribution >= 0.6 is 0 Å². The van der Waals surface area contributed by atoms with Gasteiger partial charge in [-0.25, -0.2) is 4.79 Å². The van der Waals surface area contributed by atoms with Crippen molar-refractivity contribution < 1.29 is 9.90 Å². The zero-order valence-corrected chi connectivity index (χ0v) is 12.0. The van der Waals surface area contributed by atoms with E-state index in [-0.39, 0.29) is 0 Å². The molecule has 3 nitrogen and oxygen atoms in total. The number of carboxylic acid groups (broad SMARTS) is 1. The van der Waals surface area contributed by atoms with Crippen LogP contribution in [0.2, 0.25) is 0 Å². The highest BCUT2D eigenvalue weighted by molar-refractivity contribution is 5.87. The number of likely N-dealkylation sites (tertiary alicyclic amines) is 1. The molecule has 1 heterocycles. The van der Waals surface area contributed by atoms with Crippen LogP contribution in [0.4, 0.5) is 0 Å². The van der Waals surface area contributed by atoms with Crippen LogP contribution in [0.15, 0.2) is 24.3 Å². The summed E-state index contributed by atoms with van der Waals surface area (Å²) in [5.74, 6) is -0.861. The summed E-state index contributed by atoms with van der Waals surface area (Å²) in [6, 6.07) is 7.87. The number of carboxylic acids is 1. The number of aromatic carboxylic acids is 1.